The lowest BCUT2D eigenvalue weighted by molar-refractivity contribution is 0.0665. The van der Waals surface area contributed by atoms with Gasteiger partial charge in [0.15, 0.2) is 0 Å². The van der Waals surface area contributed by atoms with Crippen molar-refractivity contribution in [3.8, 4) is 0 Å². The van der Waals surface area contributed by atoms with Crippen LogP contribution in [0.3, 0.4) is 0 Å². The molecule has 11 heavy (non-hydrogen) atoms. The Bertz CT molecular complexity index is 147. The quantitative estimate of drug-likeness (QED) is 0.532. The Labute approximate surface area is 63.8 Å². The van der Waals surface area contributed by atoms with Crippen molar-refractivity contribution < 1.29 is 19.2 Å². The van der Waals surface area contributed by atoms with Crippen LogP contribution in [-0.2, 0) is 9.57 Å². The zero-order valence-corrected chi connectivity index (χ0v) is 6.34. The monoisotopic (exact) mass is 162 g/mol. The van der Waals surface area contributed by atoms with Crippen LogP contribution < -0.4 is 10.8 Å². The van der Waals surface area contributed by atoms with Gasteiger partial charge in [-0.3, -0.25) is 0 Å². The van der Waals surface area contributed by atoms with Crippen LogP contribution in [0.15, 0.2) is 0 Å². The second kappa shape index (κ2) is 5.33. The van der Waals surface area contributed by atoms with Gasteiger partial charge >= 0.3 is 12.2 Å². The highest BCUT2D eigenvalue weighted by molar-refractivity contribution is 5.71. The number of ether oxygens (including phenoxy) is 1. The normalized spacial score (nSPS) is 8.18. The Morgan fingerprint density at radius 1 is 1.36 bits per heavy atom. The molecule has 0 rings (SSSR count). The maximum absolute atomic E-state index is 10.4. The standard InChI is InChI=1S/C5H10N2O4/c1-3-10-5(9)7-11-4(8)6-2/h3H2,1-2H3,(H,6,8)(H,7,9). The molecule has 0 atom stereocenters. The predicted octanol–water partition coefficient (Wildman–Crippen LogP) is 0.00350. The zero-order chi connectivity index (χ0) is 8.69. The van der Waals surface area contributed by atoms with Crippen molar-refractivity contribution >= 4 is 12.2 Å². The number of carbonyl (C=O) groups is 2. The zero-order valence-electron chi connectivity index (χ0n) is 6.34. The number of hydrogen-bond donors (Lipinski definition) is 2. The molecule has 0 aromatic carbocycles. The van der Waals surface area contributed by atoms with Crippen LogP contribution in [0.1, 0.15) is 6.92 Å². The van der Waals surface area contributed by atoms with Crippen LogP contribution in [0.2, 0.25) is 0 Å². The highest BCUT2D eigenvalue weighted by atomic mass is 16.7. The maximum Gasteiger partial charge on any atom is 0.440 e. The Morgan fingerprint density at radius 2 is 2.00 bits per heavy atom. The molecule has 0 saturated carbocycles. The van der Waals surface area contributed by atoms with E-state index in [0.29, 0.717) is 0 Å². The van der Waals surface area contributed by atoms with Gasteiger partial charge in [0.05, 0.1) is 6.61 Å². The van der Waals surface area contributed by atoms with E-state index in [-0.39, 0.29) is 6.61 Å². The van der Waals surface area contributed by atoms with Crippen LogP contribution >= 0.6 is 0 Å². The second-order valence-corrected chi connectivity index (χ2v) is 1.46. The highest BCUT2D eigenvalue weighted by Gasteiger charge is 2.02. The molecule has 0 heterocycles. The average molecular weight is 162 g/mol. The molecule has 0 unspecified atom stereocenters. The van der Waals surface area contributed by atoms with Gasteiger partial charge in [0.25, 0.3) is 0 Å². The third kappa shape index (κ3) is 5.01. The Morgan fingerprint density at radius 3 is 2.45 bits per heavy atom. The van der Waals surface area contributed by atoms with Crippen LogP contribution in [-0.4, -0.2) is 25.8 Å². The minimum atomic E-state index is -0.795. The first-order valence-electron chi connectivity index (χ1n) is 3.02. The summed E-state index contributed by atoms with van der Waals surface area (Å²) in [5.41, 5.74) is 1.76. The smallest absolute Gasteiger partial charge is 0.440 e. The summed E-state index contributed by atoms with van der Waals surface area (Å²) in [4.78, 5) is 24.9. The number of amides is 2. The van der Waals surface area contributed by atoms with E-state index in [9.17, 15) is 9.59 Å². The van der Waals surface area contributed by atoms with Crippen molar-refractivity contribution in [2.24, 2.45) is 0 Å². The predicted molar refractivity (Wildman–Crippen MR) is 35.7 cm³/mol. The Kier molecular flexibility index (Phi) is 4.63. The third-order valence-corrected chi connectivity index (χ3v) is 0.707. The largest absolute Gasteiger partial charge is 0.448 e. The van der Waals surface area contributed by atoms with Gasteiger partial charge in [-0.05, 0) is 6.92 Å². The van der Waals surface area contributed by atoms with Crippen molar-refractivity contribution in [1.29, 1.82) is 0 Å². The first kappa shape index (κ1) is 9.54. The van der Waals surface area contributed by atoms with Crippen LogP contribution in [0.5, 0.6) is 0 Å². The van der Waals surface area contributed by atoms with Crippen molar-refractivity contribution in [2.75, 3.05) is 13.7 Å². The maximum atomic E-state index is 10.4. The average Bonchev–Trinajstić information content (AvgIpc) is 2.01. The van der Waals surface area contributed by atoms with E-state index < -0.39 is 12.2 Å². The van der Waals surface area contributed by atoms with Crippen LogP contribution in [0.25, 0.3) is 0 Å². The molecule has 64 valence electrons. The molecule has 0 aliphatic heterocycles. The number of rotatable bonds is 1. The van der Waals surface area contributed by atoms with E-state index in [1.807, 2.05) is 0 Å². The minimum absolute atomic E-state index is 0.225. The number of hydroxylamine groups is 1. The van der Waals surface area contributed by atoms with Crippen molar-refractivity contribution in [3.63, 3.8) is 0 Å². The summed E-state index contributed by atoms with van der Waals surface area (Å²) < 4.78 is 4.38. The molecule has 0 aromatic rings. The fourth-order valence-electron chi connectivity index (χ4n) is 0.300. The lowest BCUT2D eigenvalue weighted by Gasteiger charge is -2.03. The molecule has 0 bridgehead atoms. The molecule has 0 aliphatic carbocycles. The van der Waals surface area contributed by atoms with Crippen molar-refractivity contribution in [2.45, 2.75) is 6.92 Å². The molecule has 2 amide bonds. The first-order valence-corrected chi connectivity index (χ1v) is 3.02. The van der Waals surface area contributed by atoms with Gasteiger partial charge in [-0.25, -0.2) is 9.59 Å². The summed E-state index contributed by atoms with van der Waals surface area (Å²) in [5, 5.41) is 2.13. The molecule has 0 aromatic heterocycles. The molecular weight excluding hydrogens is 152 g/mol. The van der Waals surface area contributed by atoms with E-state index >= 15 is 0 Å². The minimum Gasteiger partial charge on any atom is -0.448 e. The number of carbonyl (C=O) groups excluding carboxylic acids is 2. The SMILES string of the molecule is CCOC(=O)NOC(=O)NC. The van der Waals surface area contributed by atoms with E-state index in [1.54, 1.807) is 12.4 Å². The third-order valence-electron chi connectivity index (χ3n) is 0.707. The molecule has 0 saturated heterocycles. The summed E-state index contributed by atoms with van der Waals surface area (Å²) in [6.45, 7) is 1.86. The molecule has 0 spiro atoms. The lowest BCUT2D eigenvalue weighted by atomic mass is 10.9. The molecule has 0 aliphatic rings. The van der Waals surface area contributed by atoms with E-state index in [1.165, 1.54) is 7.05 Å². The number of hydrogen-bond acceptors (Lipinski definition) is 4. The summed E-state index contributed by atoms with van der Waals surface area (Å²) in [5.74, 6) is 0. The number of nitrogens with one attached hydrogen (secondary N) is 2. The molecule has 2 N–H and O–H groups in total. The summed E-state index contributed by atoms with van der Waals surface area (Å²) in [6.07, 6.45) is -1.55. The highest BCUT2D eigenvalue weighted by Crippen LogP contribution is 1.76. The molecular formula is C5H10N2O4. The van der Waals surface area contributed by atoms with Crippen LogP contribution in [0.4, 0.5) is 9.59 Å². The lowest BCUT2D eigenvalue weighted by Crippen LogP contribution is -2.32. The van der Waals surface area contributed by atoms with E-state index in [0.717, 1.165) is 0 Å². The van der Waals surface area contributed by atoms with Gasteiger partial charge in [-0.15, -0.1) is 5.48 Å². The van der Waals surface area contributed by atoms with Crippen molar-refractivity contribution in [3.05, 3.63) is 0 Å². The van der Waals surface area contributed by atoms with Crippen molar-refractivity contribution in [1.82, 2.24) is 10.8 Å². The van der Waals surface area contributed by atoms with Gasteiger partial charge in [-0.1, -0.05) is 0 Å². The van der Waals surface area contributed by atoms with E-state index in [4.69, 9.17) is 0 Å². The summed E-state index contributed by atoms with van der Waals surface area (Å²) >= 11 is 0. The van der Waals surface area contributed by atoms with Gasteiger partial charge in [0, 0.05) is 7.05 Å². The fourth-order valence-corrected chi connectivity index (χ4v) is 0.300. The Balaban J connectivity index is 3.38. The van der Waals surface area contributed by atoms with Gasteiger partial charge < -0.3 is 14.9 Å². The molecule has 6 heteroatoms. The second-order valence-electron chi connectivity index (χ2n) is 1.46. The topological polar surface area (TPSA) is 76.7 Å². The first-order chi connectivity index (χ1) is 5.20. The van der Waals surface area contributed by atoms with Gasteiger partial charge in [-0.2, -0.15) is 0 Å². The molecule has 6 nitrogen and oxygen atoms in total. The van der Waals surface area contributed by atoms with E-state index in [2.05, 4.69) is 14.9 Å². The summed E-state index contributed by atoms with van der Waals surface area (Å²) in [6, 6.07) is 0. The van der Waals surface area contributed by atoms with Gasteiger partial charge in [0.1, 0.15) is 0 Å². The van der Waals surface area contributed by atoms with Crippen LogP contribution in [0, 0.1) is 0 Å². The van der Waals surface area contributed by atoms with Gasteiger partial charge in [0.2, 0.25) is 0 Å². The fraction of sp³-hybridized carbons (Fsp3) is 0.600. The summed E-state index contributed by atoms with van der Waals surface area (Å²) in [7, 11) is 1.37. The molecule has 0 fully saturated rings. The Hall–Kier alpha value is -1.46. The molecule has 0 radical (unpaired) electrons.